The lowest BCUT2D eigenvalue weighted by molar-refractivity contribution is 0.102. The van der Waals surface area contributed by atoms with E-state index in [2.05, 4.69) is 20.5 Å². The van der Waals surface area contributed by atoms with E-state index >= 15 is 0 Å². The molecule has 0 unspecified atom stereocenters. The van der Waals surface area contributed by atoms with Gasteiger partial charge in [0.2, 0.25) is 0 Å². The molecule has 2 aromatic carbocycles. The fourth-order valence-electron chi connectivity index (χ4n) is 3.55. The highest BCUT2D eigenvalue weighted by molar-refractivity contribution is 6.30. The number of rotatable bonds is 6. The van der Waals surface area contributed by atoms with E-state index in [1.54, 1.807) is 29.1 Å². The molecule has 1 amide bonds. The van der Waals surface area contributed by atoms with Gasteiger partial charge in [-0.1, -0.05) is 23.7 Å². The average Bonchev–Trinajstić information content (AvgIpc) is 3.47. The molecule has 1 N–H and O–H groups in total. The Kier molecular flexibility index (Phi) is 5.96. The minimum Gasteiger partial charge on any atom is -0.305 e. The van der Waals surface area contributed by atoms with Crippen molar-refractivity contribution in [1.82, 2.24) is 24.4 Å². The summed E-state index contributed by atoms with van der Waals surface area (Å²) in [6.45, 7) is 0.462. The topological polar surface area (TPSA) is 77.1 Å². The van der Waals surface area contributed by atoms with Gasteiger partial charge in [-0.2, -0.15) is 10.2 Å². The van der Waals surface area contributed by atoms with Gasteiger partial charge in [-0.3, -0.25) is 9.48 Å². The van der Waals surface area contributed by atoms with Gasteiger partial charge in [-0.25, -0.2) is 22.7 Å². The van der Waals surface area contributed by atoms with Gasteiger partial charge in [0, 0.05) is 22.8 Å². The van der Waals surface area contributed by atoms with Gasteiger partial charge in [0.05, 0.1) is 18.4 Å². The van der Waals surface area contributed by atoms with Crippen molar-refractivity contribution in [1.29, 1.82) is 0 Å². The highest BCUT2D eigenvalue weighted by Crippen LogP contribution is 2.27. The van der Waals surface area contributed by atoms with E-state index in [1.165, 1.54) is 30.5 Å². The van der Waals surface area contributed by atoms with Crippen molar-refractivity contribution in [3.8, 4) is 11.3 Å². The smallest absolute Gasteiger partial charge is 0.280 e. The number of amides is 1. The molecule has 0 bridgehead atoms. The summed E-state index contributed by atoms with van der Waals surface area (Å²) in [5, 5.41) is 11.5. The second-order valence-electron chi connectivity index (χ2n) is 7.65. The van der Waals surface area contributed by atoms with E-state index in [-0.39, 0.29) is 22.7 Å². The molecule has 0 fully saturated rings. The molecule has 0 spiro atoms. The van der Waals surface area contributed by atoms with E-state index in [1.807, 2.05) is 12.1 Å². The molecule has 5 rings (SSSR count). The van der Waals surface area contributed by atoms with Gasteiger partial charge in [0.25, 0.3) is 12.3 Å². The summed E-state index contributed by atoms with van der Waals surface area (Å²) in [7, 11) is 0. The number of hydrogen-bond acceptors (Lipinski definition) is 4. The molecule has 0 aliphatic heterocycles. The number of benzene rings is 2. The highest BCUT2D eigenvalue weighted by Gasteiger charge is 2.22. The molecule has 5 aromatic rings. The van der Waals surface area contributed by atoms with Gasteiger partial charge < -0.3 is 5.32 Å². The maximum absolute atomic E-state index is 13.7. The van der Waals surface area contributed by atoms with Gasteiger partial charge in [-0.15, -0.1) is 0 Å². The van der Waals surface area contributed by atoms with E-state index in [0.29, 0.717) is 17.1 Å². The molecule has 35 heavy (non-hydrogen) atoms. The molecule has 0 saturated heterocycles. The zero-order valence-corrected chi connectivity index (χ0v) is 18.6. The van der Waals surface area contributed by atoms with E-state index < -0.39 is 23.8 Å². The molecule has 0 radical (unpaired) electrons. The van der Waals surface area contributed by atoms with E-state index in [0.717, 1.165) is 16.1 Å². The first-order chi connectivity index (χ1) is 16.9. The normalized spacial score (nSPS) is 11.3. The monoisotopic (exact) mass is 496 g/mol. The standard InChI is InChI=1S/C24H16ClF3N6O/c25-16-5-1-14(2-6-16)13-33-10-9-21(32-33)31-24(35)18-12-29-34-20(22(27)28)11-19(30-23(18)34)15-3-7-17(26)8-4-15/h1-12,22H,13H2,(H,31,32,35). The van der Waals surface area contributed by atoms with Crippen molar-refractivity contribution >= 4 is 29.0 Å². The molecule has 0 atom stereocenters. The number of fused-ring (bicyclic) bond motifs is 1. The molecule has 3 heterocycles. The first-order valence-corrected chi connectivity index (χ1v) is 10.8. The Labute approximate surface area is 201 Å². The van der Waals surface area contributed by atoms with Crippen molar-refractivity contribution in [2.24, 2.45) is 0 Å². The number of hydrogen-bond donors (Lipinski definition) is 1. The Morgan fingerprint density at radius 1 is 1.06 bits per heavy atom. The van der Waals surface area contributed by atoms with Crippen molar-refractivity contribution in [3.05, 3.63) is 101 Å². The van der Waals surface area contributed by atoms with Crippen LogP contribution in [0.1, 0.15) is 28.0 Å². The number of alkyl halides is 2. The maximum atomic E-state index is 13.7. The summed E-state index contributed by atoms with van der Waals surface area (Å²) >= 11 is 5.91. The van der Waals surface area contributed by atoms with Crippen LogP contribution in [0.5, 0.6) is 0 Å². The van der Waals surface area contributed by atoms with Crippen LogP contribution in [-0.4, -0.2) is 30.3 Å². The van der Waals surface area contributed by atoms with Crippen molar-refractivity contribution in [2.45, 2.75) is 13.0 Å². The Balaban J connectivity index is 1.43. The van der Waals surface area contributed by atoms with E-state index in [4.69, 9.17) is 11.6 Å². The Bertz CT molecular complexity index is 1510. The Morgan fingerprint density at radius 2 is 1.80 bits per heavy atom. The molecule has 7 nitrogen and oxygen atoms in total. The fourth-order valence-corrected chi connectivity index (χ4v) is 3.67. The Morgan fingerprint density at radius 3 is 2.51 bits per heavy atom. The summed E-state index contributed by atoms with van der Waals surface area (Å²) in [6, 6.07) is 15.3. The number of carbonyl (C=O) groups excluding carboxylic acids is 1. The molecule has 3 aromatic heterocycles. The van der Waals surface area contributed by atoms with Gasteiger partial charge >= 0.3 is 0 Å². The maximum Gasteiger partial charge on any atom is 0.280 e. The lowest BCUT2D eigenvalue weighted by atomic mass is 10.1. The summed E-state index contributed by atoms with van der Waals surface area (Å²) < 4.78 is 43.4. The van der Waals surface area contributed by atoms with E-state index in [9.17, 15) is 18.0 Å². The van der Waals surface area contributed by atoms with Crippen LogP contribution in [-0.2, 0) is 6.54 Å². The van der Waals surface area contributed by atoms with Crippen molar-refractivity contribution in [3.63, 3.8) is 0 Å². The van der Waals surface area contributed by atoms with Crippen LogP contribution >= 0.6 is 11.6 Å². The molecule has 0 aliphatic carbocycles. The number of aromatic nitrogens is 5. The van der Waals surface area contributed by atoms with Crippen LogP contribution in [0.15, 0.2) is 73.1 Å². The molecule has 176 valence electrons. The minimum absolute atomic E-state index is 0.0110. The zero-order chi connectivity index (χ0) is 24.5. The molecule has 0 aliphatic rings. The van der Waals surface area contributed by atoms with Crippen LogP contribution in [0.25, 0.3) is 16.9 Å². The molecule has 11 heteroatoms. The van der Waals surface area contributed by atoms with Crippen LogP contribution < -0.4 is 5.32 Å². The zero-order valence-electron chi connectivity index (χ0n) is 17.9. The number of halogens is 4. The number of anilines is 1. The van der Waals surface area contributed by atoms with Crippen LogP contribution in [0, 0.1) is 5.82 Å². The third kappa shape index (κ3) is 4.73. The second kappa shape index (κ2) is 9.22. The predicted octanol–water partition coefficient (Wildman–Crippen LogP) is 5.62. The quantitative estimate of drug-likeness (QED) is 0.331. The number of nitrogens with zero attached hydrogens (tertiary/aromatic N) is 5. The lowest BCUT2D eigenvalue weighted by Gasteiger charge is -2.08. The summed E-state index contributed by atoms with van der Waals surface area (Å²) in [5.74, 6) is -0.809. The fraction of sp³-hybridized carbons (Fsp3) is 0.0833. The summed E-state index contributed by atoms with van der Waals surface area (Å²) in [4.78, 5) is 17.3. The molecular formula is C24H16ClF3N6O. The van der Waals surface area contributed by atoms with Gasteiger partial charge in [0.15, 0.2) is 11.5 Å². The third-order valence-corrected chi connectivity index (χ3v) is 5.50. The van der Waals surface area contributed by atoms with Crippen LogP contribution in [0.4, 0.5) is 19.0 Å². The van der Waals surface area contributed by atoms with Crippen molar-refractivity contribution in [2.75, 3.05) is 5.32 Å². The molecular weight excluding hydrogens is 481 g/mol. The lowest BCUT2D eigenvalue weighted by Crippen LogP contribution is -2.13. The number of carbonyl (C=O) groups is 1. The summed E-state index contributed by atoms with van der Waals surface area (Å²) in [6.07, 6.45) is -0.0120. The first kappa shape index (κ1) is 22.6. The second-order valence-corrected chi connectivity index (χ2v) is 8.08. The third-order valence-electron chi connectivity index (χ3n) is 5.25. The Hall–Kier alpha value is -4.18. The SMILES string of the molecule is O=C(Nc1ccn(Cc2ccc(Cl)cc2)n1)c1cnn2c(C(F)F)cc(-c3ccc(F)cc3)nc12. The van der Waals surface area contributed by atoms with Gasteiger partial charge in [-0.05, 0) is 48.0 Å². The highest BCUT2D eigenvalue weighted by atomic mass is 35.5. The molecule has 0 saturated carbocycles. The van der Waals surface area contributed by atoms with Crippen LogP contribution in [0.3, 0.4) is 0 Å². The average molecular weight is 497 g/mol. The number of nitrogens with one attached hydrogen (secondary N) is 1. The predicted molar refractivity (Wildman–Crippen MR) is 124 cm³/mol. The first-order valence-electron chi connectivity index (χ1n) is 10.4. The van der Waals surface area contributed by atoms with Crippen molar-refractivity contribution < 1.29 is 18.0 Å². The van der Waals surface area contributed by atoms with Crippen LogP contribution in [0.2, 0.25) is 5.02 Å². The largest absolute Gasteiger partial charge is 0.305 e. The van der Waals surface area contributed by atoms with Gasteiger partial charge in [0.1, 0.15) is 17.1 Å². The summed E-state index contributed by atoms with van der Waals surface area (Å²) in [5.41, 5.74) is 1.04. The minimum atomic E-state index is -2.88.